The van der Waals surface area contributed by atoms with Gasteiger partial charge >= 0.3 is 0 Å². The van der Waals surface area contributed by atoms with Crippen molar-refractivity contribution in [3.63, 3.8) is 0 Å². The average Bonchev–Trinajstić information content (AvgIpc) is 3.09. The number of benzene rings is 1. The molecule has 0 spiro atoms. The van der Waals surface area contributed by atoms with Crippen LogP contribution in [0.5, 0.6) is 0 Å². The first-order valence-electron chi connectivity index (χ1n) is 9.06. The van der Waals surface area contributed by atoms with Gasteiger partial charge in [0.15, 0.2) is 0 Å². The lowest BCUT2D eigenvalue weighted by molar-refractivity contribution is -0.126. The van der Waals surface area contributed by atoms with Crippen molar-refractivity contribution < 1.29 is 13.2 Å². The van der Waals surface area contributed by atoms with E-state index in [1.807, 2.05) is 6.92 Å². The SMILES string of the molecule is C[C@H](NC(=O)C1CCN(S(=O)(=O)c2ccn(C)c2)CC1)c1ccc(Cl)cc1Cl. The van der Waals surface area contributed by atoms with E-state index in [0.717, 1.165) is 5.56 Å². The molecule has 2 heterocycles. The Kier molecular flexibility index (Phi) is 6.39. The van der Waals surface area contributed by atoms with E-state index in [9.17, 15) is 13.2 Å². The molecule has 9 heteroatoms. The van der Waals surface area contributed by atoms with Gasteiger partial charge in [-0.3, -0.25) is 4.79 Å². The van der Waals surface area contributed by atoms with Crippen LogP contribution in [0.3, 0.4) is 0 Å². The van der Waals surface area contributed by atoms with E-state index in [1.54, 1.807) is 48.3 Å². The topological polar surface area (TPSA) is 71.4 Å². The van der Waals surface area contributed by atoms with Gasteiger partial charge in [-0.2, -0.15) is 4.31 Å². The smallest absolute Gasteiger partial charge is 0.244 e. The lowest BCUT2D eigenvalue weighted by atomic mass is 9.96. The molecule has 1 aliphatic rings. The maximum Gasteiger partial charge on any atom is 0.244 e. The van der Waals surface area contributed by atoms with Gasteiger partial charge in [-0.15, -0.1) is 0 Å². The van der Waals surface area contributed by atoms with Gasteiger partial charge < -0.3 is 9.88 Å². The molecule has 0 aliphatic carbocycles. The first-order valence-corrected chi connectivity index (χ1v) is 11.3. The number of rotatable bonds is 5. The summed E-state index contributed by atoms with van der Waals surface area (Å²) in [7, 11) is -1.73. The third kappa shape index (κ3) is 4.54. The Labute approximate surface area is 175 Å². The molecule has 1 aromatic heterocycles. The Morgan fingerprint density at radius 2 is 1.89 bits per heavy atom. The second kappa shape index (κ2) is 8.45. The zero-order chi connectivity index (χ0) is 20.5. The Morgan fingerprint density at radius 3 is 2.46 bits per heavy atom. The van der Waals surface area contributed by atoms with Crippen molar-refractivity contribution in [3.05, 3.63) is 52.3 Å². The lowest BCUT2D eigenvalue weighted by Crippen LogP contribution is -2.43. The minimum atomic E-state index is -3.52. The highest BCUT2D eigenvalue weighted by atomic mass is 35.5. The number of carbonyl (C=O) groups excluding carboxylic acids is 1. The number of hydrogen-bond donors (Lipinski definition) is 1. The molecule has 1 atom stereocenters. The predicted molar refractivity (Wildman–Crippen MR) is 110 cm³/mol. The Balaban J connectivity index is 1.59. The number of piperidine rings is 1. The van der Waals surface area contributed by atoms with Crippen LogP contribution in [0, 0.1) is 5.92 Å². The molecule has 152 valence electrons. The van der Waals surface area contributed by atoms with Crippen LogP contribution in [0.4, 0.5) is 0 Å². The van der Waals surface area contributed by atoms with Gasteiger partial charge in [-0.25, -0.2) is 8.42 Å². The number of sulfonamides is 1. The van der Waals surface area contributed by atoms with Crippen LogP contribution in [0.15, 0.2) is 41.6 Å². The molecule has 0 radical (unpaired) electrons. The van der Waals surface area contributed by atoms with E-state index in [4.69, 9.17) is 23.2 Å². The molecule has 1 fully saturated rings. The van der Waals surface area contributed by atoms with Crippen LogP contribution < -0.4 is 5.32 Å². The fourth-order valence-corrected chi connectivity index (χ4v) is 5.49. The molecule has 3 rings (SSSR count). The summed E-state index contributed by atoms with van der Waals surface area (Å²) in [5, 5.41) is 4.02. The first-order chi connectivity index (χ1) is 13.2. The number of amides is 1. The monoisotopic (exact) mass is 443 g/mol. The number of nitrogens with one attached hydrogen (secondary N) is 1. The molecule has 1 aromatic carbocycles. The molecular formula is C19H23Cl2N3O3S. The van der Waals surface area contributed by atoms with Gasteiger partial charge in [0.05, 0.1) is 10.9 Å². The molecule has 1 aliphatic heterocycles. The van der Waals surface area contributed by atoms with Crippen LogP contribution >= 0.6 is 23.2 Å². The molecule has 0 saturated carbocycles. The molecule has 6 nitrogen and oxygen atoms in total. The van der Waals surface area contributed by atoms with E-state index >= 15 is 0 Å². The predicted octanol–water partition coefficient (Wildman–Crippen LogP) is 3.61. The summed E-state index contributed by atoms with van der Waals surface area (Å²) in [6.07, 6.45) is 4.26. The van der Waals surface area contributed by atoms with Crippen LogP contribution in [0.1, 0.15) is 31.4 Å². The average molecular weight is 444 g/mol. The number of aromatic nitrogens is 1. The molecule has 1 amide bonds. The van der Waals surface area contributed by atoms with Gasteiger partial charge in [0.25, 0.3) is 0 Å². The fourth-order valence-electron chi connectivity index (χ4n) is 3.40. The summed E-state index contributed by atoms with van der Waals surface area (Å²) in [5.41, 5.74) is 0.795. The van der Waals surface area contributed by atoms with Gasteiger partial charge in [0.1, 0.15) is 0 Å². The first kappa shape index (κ1) is 21.2. The number of carbonyl (C=O) groups is 1. The van der Waals surface area contributed by atoms with Gasteiger partial charge in [-0.1, -0.05) is 29.3 Å². The zero-order valence-electron chi connectivity index (χ0n) is 15.7. The molecule has 2 aromatic rings. The molecule has 1 saturated heterocycles. The number of halogens is 2. The van der Waals surface area contributed by atoms with Crippen molar-refractivity contribution in [2.45, 2.75) is 30.7 Å². The minimum Gasteiger partial charge on any atom is -0.356 e. The van der Waals surface area contributed by atoms with E-state index in [1.165, 1.54) is 4.31 Å². The third-order valence-corrected chi connectivity index (χ3v) is 7.50. The van der Waals surface area contributed by atoms with Crippen LogP contribution in [0.2, 0.25) is 10.0 Å². The van der Waals surface area contributed by atoms with E-state index < -0.39 is 10.0 Å². The molecule has 28 heavy (non-hydrogen) atoms. The summed E-state index contributed by atoms with van der Waals surface area (Å²) in [5.74, 6) is -0.314. The number of nitrogens with zero attached hydrogens (tertiary/aromatic N) is 2. The van der Waals surface area contributed by atoms with Crippen molar-refractivity contribution in [2.24, 2.45) is 13.0 Å². The summed E-state index contributed by atoms with van der Waals surface area (Å²) in [6, 6.07) is 6.51. The van der Waals surface area contributed by atoms with Crippen molar-refractivity contribution in [1.82, 2.24) is 14.2 Å². The second-order valence-electron chi connectivity index (χ2n) is 7.09. The van der Waals surface area contributed by atoms with E-state index in [2.05, 4.69) is 5.32 Å². The number of aryl methyl sites for hydroxylation is 1. The highest BCUT2D eigenvalue weighted by Gasteiger charge is 2.32. The standard InChI is InChI=1S/C19H23Cl2N3O3S/c1-13(17-4-3-15(20)11-18(17)21)22-19(25)14-5-9-24(10-6-14)28(26,27)16-7-8-23(2)12-16/h3-4,7-8,11-14H,5-6,9-10H2,1-2H3,(H,22,25)/t13-/m0/s1. The van der Waals surface area contributed by atoms with Gasteiger partial charge in [-0.05, 0) is 43.5 Å². The van der Waals surface area contributed by atoms with Crippen molar-refractivity contribution >= 4 is 39.1 Å². The second-order valence-corrected chi connectivity index (χ2v) is 9.87. The third-order valence-electron chi connectivity index (χ3n) is 5.06. The minimum absolute atomic E-state index is 0.0877. The lowest BCUT2D eigenvalue weighted by Gasteiger charge is -2.31. The summed E-state index contributed by atoms with van der Waals surface area (Å²) in [4.78, 5) is 12.9. The van der Waals surface area contributed by atoms with Crippen LogP contribution in [0.25, 0.3) is 0 Å². The summed E-state index contributed by atoms with van der Waals surface area (Å²) < 4.78 is 28.5. The van der Waals surface area contributed by atoms with Crippen molar-refractivity contribution in [2.75, 3.05) is 13.1 Å². The van der Waals surface area contributed by atoms with Gasteiger partial charge in [0, 0.05) is 48.5 Å². The maximum absolute atomic E-state index is 12.7. The van der Waals surface area contributed by atoms with Gasteiger partial charge in [0.2, 0.25) is 15.9 Å². The Morgan fingerprint density at radius 1 is 1.21 bits per heavy atom. The molecule has 1 N–H and O–H groups in total. The highest BCUT2D eigenvalue weighted by Crippen LogP contribution is 2.28. The largest absolute Gasteiger partial charge is 0.356 e. The Bertz CT molecular complexity index is 967. The van der Waals surface area contributed by atoms with E-state index in [0.29, 0.717) is 36.0 Å². The summed E-state index contributed by atoms with van der Waals surface area (Å²) in [6.45, 7) is 2.51. The molecule has 0 unspecified atom stereocenters. The van der Waals surface area contributed by atoms with E-state index in [-0.39, 0.29) is 22.8 Å². The molecule has 0 bridgehead atoms. The van der Waals surface area contributed by atoms with Crippen molar-refractivity contribution in [1.29, 1.82) is 0 Å². The normalized spacial score (nSPS) is 17.4. The maximum atomic E-state index is 12.7. The van der Waals surface area contributed by atoms with Crippen LogP contribution in [-0.4, -0.2) is 36.3 Å². The number of hydrogen-bond acceptors (Lipinski definition) is 3. The highest BCUT2D eigenvalue weighted by molar-refractivity contribution is 7.89. The summed E-state index contributed by atoms with van der Waals surface area (Å²) >= 11 is 12.1. The zero-order valence-corrected chi connectivity index (χ0v) is 18.1. The molecular weight excluding hydrogens is 421 g/mol. The van der Waals surface area contributed by atoms with Crippen molar-refractivity contribution in [3.8, 4) is 0 Å². The quantitative estimate of drug-likeness (QED) is 0.766. The van der Waals surface area contributed by atoms with Crippen LogP contribution in [-0.2, 0) is 21.9 Å². The fraction of sp³-hybridized carbons (Fsp3) is 0.421. The Hall–Kier alpha value is -1.54.